The van der Waals surface area contributed by atoms with Gasteiger partial charge in [0.05, 0.1) is 11.0 Å². The number of benzene rings is 2. The van der Waals surface area contributed by atoms with E-state index in [0.29, 0.717) is 6.54 Å². The van der Waals surface area contributed by atoms with Gasteiger partial charge in [-0.15, -0.1) is 0 Å². The molecule has 0 radical (unpaired) electrons. The van der Waals surface area contributed by atoms with Crippen LogP contribution in [0.3, 0.4) is 0 Å². The lowest BCUT2D eigenvalue weighted by molar-refractivity contribution is 0.629. The minimum absolute atomic E-state index is 0. The van der Waals surface area contributed by atoms with E-state index in [-0.39, 0.29) is 13.2 Å². The zero-order valence-electron chi connectivity index (χ0n) is 11.9. The zero-order chi connectivity index (χ0) is 15.1. The molecule has 0 amide bonds. The first-order valence-electron chi connectivity index (χ1n) is 7.20. The first kappa shape index (κ1) is 15.2. The van der Waals surface area contributed by atoms with E-state index in [4.69, 9.17) is 5.73 Å². The summed E-state index contributed by atoms with van der Waals surface area (Å²) in [7, 11) is 0. The number of nitrogens with two attached hydrogens (primary N) is 1. The molecule has 0 saturated carbocycles. The molecule has 4 N–H and O–H groups in total. The first-order chi connectivity index (χ1) is 10.7. The highest BCUT2D eigenvalue weighted by atomic mass is 19.1. The third-order valence-corrected chi connectivity index (χ3v) is 3.87. The van der Waals surface area contributed by atoms with Gasteiger partial charge in [0.15, 0.2) is 0 Å². The third-order valence-electron chi connectivity index (χ3n) is 3.87. The Bertz CT molecular complexity index is 968. The summed E-state index contributed by atoms with van der Waals surface area (Å²) in [6.45, 7) is 0.570. The maximum atomic E-state index is 13.3. The van der Waals surface area contributed by atoms with Crippen LogP contribution in [0.5, 0.6) is 0 Å². The summed E-state index contributed by atoms with van der Waals surface area (Å²) in [5.74, 6) is 0.659. The second-order valence-electron chi connectivity index (χ2n) is 5.35. The van der Waals surface area contributed by atoms with Gasteiger partial charge in [-0.3, -0.25) is 0 Å². The molecule has 4 nitrogen and oxygen atoms in total. The Hall–Kier alpha value is -2.66. The van der Waals surface area contributed by atoms with Crippen molar-refractivity contribution in [2.45, 2.75) is 13.8 Å². The van der Waals surface area contributed by atoms with E-state index in [1.54, 1.807) is 6.07 Å². The number of rotatable bonds is 3. The summed E-state index contributed by atoms with van der Waals surface area (Å²) < 4.78 is 13.3. The minimum atomic E-state index is -0.239. The molecule has 118 valence electrons. The number of nitrogens with one attached hydrogen (secondary N) is 2. The number of fused-ring (bicyclic) bond motifs is 2. The van der Waals surface area contributed by atoms with Crippen LogP contribution in [0.1, 0.15) is 13.3 Å². The molecule has 5 heteroatoms. The highest BCUT2D eigenvalue weighted by Crippen LogP contribution is 2.30. The predicted molar refractivity (Wildman–Crippen MR) is 92.8 cm³/mol. The van der Waals surface area contributed by atoms with Gasteiger partial charge in [0.2, 0.25) is 0 Å². The number of halogens is 1. The van der Waals surface area contributed by atoms with E-state index >= 15 is 0 Å². The van der Waals surface area contributed by atoms with Crippen molar-refractivity contribution in [3.05, 3.63) is 54.2 Å². The van der Waals surface area contributed by atoms with Crippen LogP contribution in [0.25, 0.3) is 33.1 Å². The summed E-state index contributed by atoms with van der Waals surface area (Å²) >= 11 is 0. The predicted octanol–water partition coefficient (Wildman–Crippen LogP) is 3.99. The molecule has 0 aliphatic carbocycles. The molecule has 2 heterocycles. The molecule has 2 aromatic carbocycles. The number of H-pyrrole nitrogens is 2. The lowest BCUT2D eigenvalue weighted by Crippen LogP contribution is -2.03. The number of hydrogen-bond acceptors (Lipinski definition) is 2. The van der Waals surface area contributed by atoms with Gasteiger partial charge in [-0.25, -0.2) is 9.37 Å². The van der Waals surface area contributed by atoms with Crippen molar-refractivity contribution in [1.82, 2.24) is 15.0 Å². The largest absolute Gasteiger partial charge is 0.360 e. The molecule has 0 spiro atoms. The van der Waals surface area contributed by atoms with Crippen molar-refractivity contribution < 1.29 is 4.39 Å². The summed E-state index contributed by atoms with van der Waals surface area (Å²) in [5, 5.41) is 1.00. The molecule has 2 aromatic heterocycles. The Labute approximate surface area is 133 Å². The normalized spacial score (nSPS) is 11.0. The van der Waals surface area contributed by atoms with Crippen LogP contribution in [0, 0.1) is 5.82 Å². The Morgan fingerprint density at radius 1 is 1.09 bits per heavy atom. The second-order valence-corrected chi connectivity index (χ2v) is 5.35. The number of nitrogens with zero attached hydrogens (tertiary/aromatic N) is 1. The molecular formula is C18H19FN4. The van der Waals surface area contributed by atoms with Crippen molar-refractivity contribution in [2.24, 2.45) is 5.73 Å². The van der Waals surface area contributed by atoms with E-state index in [1.165, 1.54) is 12.1 Å². The topological polar surface area (TPSA) is 70.5 Å². The average molecular weight is 310 g/mol. The summed E-state index contributed by atoms with van der Waals surface area (Å²) in [6, 6.07) is 10.9. The SMILES string of the molecule is C.NCCc1nc2ccc(-c3c[nH]c4cc(F)ccc34)cc2[nH]1. The second kappa shape index (κ2) is 5.85. The number of aromatic nitrogens is 3. The van der Waals surface area contributed by atoms with Crippen LogP contribution in [0.2, 0.25) is 0 Å². The Morgan fingerprint density at radius 2 is 1.96 bits per heavy atom. The van der Waals surface area contributed by atoms with Gasteiger partial charge in [-0.1, -0.05) is 13.5 Å². The highest BCUT2D eigenvalue weighted by Gasteiger charge is 2.09. The third kappa shape index (κ3) is 2.59. The fraction of sp³-hybridized carbons (Fsp3) is 0.167. The molecule has 0 unspecified atom stereocenters. The molecular weight excluding hydrogens is 291 g/mol. The summed E-state index contributed by atoms with van der Waals surface area (Å²) in [6.07, 6.45) is 2.64. The molecule has 0 atom stereocenters. The molecule has 0 aliphatic heterocycles. The van der Waals surface area contributed by atoms with Crippen molar-refractivity contribution in [2.75, 3.05) is 6.54 Å². The maximum Gasteiger partial charge on any atom is 0.125 e. The minimum Gasteiger partial charge on any atom is -0.360 e. The molecule has 23 heavy (non-hydrogen) atoms. The Balaban J connectivity index is 0.00000156. The van der Waals surface area contributed by atoms with Crippen LogP contribution < -0.4 is 5.73 Å². The number of aromatic amines is 2. The molecule has 4 rings (SSSR count). The lowest BCUT2D eigenvalue weighted by atomic mass is 10.0. The van der Waals surface area contributed by atoms with Crippen molar-refractivity contribution in [3.63, 3.8) is 0 Å². The van der Waals surface area contributed by atoms with Crippen LogP contribution >= 0.6 is 0 Å². The van der Waals surface area contributed by atoms with Crippen LogP contribution in [0.15, 0.2) is 42.6 Å². The van der Waals surface area contributed by atoms with E-state index in [9.17, 15) is 4.39 Å². The van der Waals surface area contributed by atoms with Gasteiger partial charge >= 0.3 is 0 Å². The quantitative estimate of drug-likeness (QED) is 0.535. The van der Waals surface area contributed by atoms with E-state index in [2.05, 4.69) is 21.0 Å². The standard InChI is InChI=1S/C17H15FN4.CH4/c18-11-2-3-12-13(9-20-15(12)8-11)10-1-4-14-16(7-10)22-17(21-14)5-6-19;/h1-4,7-9,20H,5-6,19H2,(H,21,22);1H4. The lowest BCUT2D eigenvalue weighted by Gasteiger charge is -2.00. The highest BCUT2D eigenvalue weighted by molar-refractivity contribution is 5.97. The molecule has 4 aromatic rings. The van der Waals surface area contributed by atoms with E-state index < -0.39 is 0 Å². The molecule has 0 saturated heterocycles. The van der Waals surface area contributed by atoms with Gasteiger partial charge in [0, 0.05) is 29.1 Å². The van der Waals surface area contributed by atoms with Crippen molar-refractivity contribution in [3.8, 4) is 11.1 Å². The van der Waals surface area contributed by atoms with Gasteiger partial charge in [-0.05, 0) is 42.4 Å². The fourth-order valence-electron chi connectivity index (χ4n) is 2.82. The zero-order valence-corrected chi connectivity index (χ0v) is 11.9. The van der Waals surface area contributed by atoms with E-state index in [0.717, 1.165) is 45.3 Å². The number of imidazole rings is 1. The van der Waals surface area contributed by atoms with Gasteiger partial charge in [-0.2, -0.15) is 0 Å². The fourth-order valence-corrected chi connectivity index (χ4v) is 2.82. The smallest absolute Gasteiger partial charge is 0.125 e. The Kier molecular flexibility index (Phi) is 3.88. The van der Waals surface area contributed by atoms with Crippen LogP contribution in [-0.4, -0.2) is 21.5 Å². The summed E-state index contributed by atoms with van der Waals surface area (Å²) in [4.78, 5) is 10.9. The first-order valence-corrected chi connectivity index (χ1v) is 7.20. The molecule has 0 bridgehead atoms. The molecule has 0 fully saturated rings. The van der Waals surface area contributed by atoms with Crippen molar-refractivity contribution >= 4 is 21.9 Å². The maximum absolute atomic E-state index is 13.3. The monoisotopic (exact) mass is 310 g/mol. The number of hydrogen-bond donors (Lipinski definition) is 3. The van der Waals surface area contributed by atoms with Gasteiger partial charge in [0.1, 0.15) is 11.6 Å². The van der Waals surface area contributed by atoms with E-state index in [1.807, 2.05) is 18.3 Å². The van der Waals surface area contributed by atoms with Crippen LogP contribution in [-0.2, 0) is 6.42 Å². The van der Waals surface area contributed by atoms with Gasteiger partial charge < -0.3 is 15.7 Å². The summed E-state index contributed by atoms with van der Waals surface area (Å²) in [5.41, 5.74) is 10.4. The molecule has 0 aliphatic rings. The van der Waals surface area contributed by atoms with Gasteiger partial charge in [0.25, 0.3) is 0 Å². The van der Waals surface area contributed by atoms with Crippen molar-refractivity contribution in [1.29, 1.82) is 0 Å². The average Bonchev–Trinajstić information content (AvgIpc) is 3.09. The van der Waals surface area contributed by atoms with Crippen LogP contribution in [0.4, 0.5) is 4.39 Å². The Morgan fingerprint density at radius 3 is 2.78 bits per heavy atom.